The molecule has 10 heteroatoms. The normalized spacial score (nSPS) is 11.4. The van der Waals surface area contributed by atoms with Gasteiger partial charge in [-0.3, -0.25) is 4.55 Å². The maximum atomic E-state index is 11.3. The van der Waals surface area contributed by atoms with Crippen LogP contribution in [0.15, 0.2) is 23.1 Å². The summed E-state index contributed by atoms with van der Waals surface area (Å²) in [5.41, 5.74) is 0.756. The van der Waals surface area contributed by atoms with E-state index >= 15 is 0 Å². The maximum absolute atomic E-state index is 11.3. The number of hydrogen-bond donors (Lipinski definition) is 2. The third-order valence-electron chi connectivity index (χ3n) is 2.24. The molecule has 2 aromatic rings. The number of nitrogens with one attached hydrogen (secondary N) is 1. The van der Waals surface area contributed by atoms with Crippen molar-refractivity contribution in [1.29, 1.82) is 0 Å². The molecule has 106 valence electrons. The minimum absolute atomic E-state index is 0.0382. The molecular formula is C10H8Cl2N4O3S. The van der Waals surface area contributed by atoms with Crippen LogP contribution in [-0.2, 0) is 10.1 Å². The Morgan fingerprint density at radius 1 is 1.15 bits per heavy atom. The highest BCUT2D eigenvalue weighted by molar-refractivity contribution is 7.86. The fraction of sp³-hybridized carbons (Fsp3) is 0.100. The molecule has 0 radical (unpaired) electrons. The van der Waals surface area contributed by atoms with Gasteiger partial charge in [0.2, 0.25) is 16.5 Å². The predicted molar refractivity (Wildman–Crippen MR) is 74.1 cm³/mol. The third kappa shape index (κ3) is 3.54. The molecule has 7 nitrogen and oxygen atoms in total. The first-order valence-corrected chi connectivity index (χ1v) is 7.37. The zero-order valence-electron chi connectivity index (χ0n) is 10.0. The molecule has 0 spiro atoms. The van der Waals surface area contributed by atoms with Gasteiger partial charge in [-0.1, -0.05) is 6.07 Å². The van der Waals surface area contributed by atoms with Gasteiger partial charge in [-0.15, -0.1) is 0 Å². The molecule has 0 bridgehead atoms. The maximum Gasteiger partial charge on any atom is 0.296 e. The Kier molecular flexibility index (Phi) is 4.09. The summed E-state index contributed by atoms with van der Waals surface area (Å²) in [6.07, 6.45) is 0. The standard InChI is InChI=1S/C10H8Cl2N4O3S/c1-5-2-3-6(7(4-5)20(17,18)19)13-10-15-8(11)14-9(12)16-10/h2-4H,1H3,(H,17,18,19)(H,13,14,15,16). The summed E-state index contributed by atoms with van der Waals surface area (Å²) >= 11 is 11.2. The van der Waals surface area contributed by atoms with E-state index in [0.29, 0.717) is 5.56 Å². The van der Waals surface area contributed by atoms with E-state index in [4.69, 9.17) is 23.2 Å². The third-order valence-corrected chi connectivity index (χ3v) is 3.47. The highest BCUT2D eigenvalue weighted by Gasteiger charge is 2.17. The molecule has 0 saturated heterocycles. The van der Waals surface area contributed by atoms with Gasteiger partial charge in [-0.05, 0) is 47.8 Å². The van der Waals surface area contributed by atoms with Crippen LogP contribution in [0, 0.1) is 6.92 Å². The fourth-order valence-corrected chi connectivity index (χ4v) is 2.54. The summed E-state index contributed by atoms with van der Waals surface area (Å²) in [7, 11) is -4.40. The minimum Gasteiger partial charge on any atom is -0.323 e. The number of aromatic nitrogens is 3. The Bertz CT molecular complexity index is 747. The van der Waals surface area contributed by atoms with Crippen molar-refractivity contribution in [2.75, 3.05) is 5.32 Å². The first kappa shape index (κ1) is 14.9. The second-order valence-corrected chi connectivity index (χ2v) is 5.86. The molecule has 0 saturated carbocycles. The highest BCUT2D eigenvalue weighted by atomic mass is 35.5. The number of hydrogen-bond acceptors (Lipinski definition) is 6. The summed E-state index contributed by atoms with van der Waals surface area (Å²) < 4.78 is 31.9. The highest BCUT2D eigenvalue weighted by Crippen LogP contribution is 2.25. The van der Waals surface area contributed by atoms with Crippen LogP contribution in [0.5, 0.6) is 0 Å². The first-order valence-electron chi connectivity index (χ1n) is 5.18. The van der Waals surface area contributed by atoms with E-state index in [2.05, 4.69) is 20.3 Å². The second-order valence-electron chi connectivity index (χ2n) is 3.80. The van der Waals surface area contributed by atoms with Gasteiger partial charge in [-0.2, -0.15) is 23.4 Å². The van der Waals surface area contributed by atoms with E-state index in [1.807, 2.05) is 0 Å². The van der Waals surface area contributed by atoms with Crippen LogP contribution in [0.4, 0.5) is 11.6 Å². The molecule has 20 heavy (non-hydrogen) atoms. The lowest BCUT2D eigenvalue weighted by Gasteiger charge is -2.09. The van der Waals surface area contributed by atoms with E-state index in [-0.39, 0.29) is 27.1 Å². The molecule has 1 heterocycles. The Labute approximate surface area is 124 Å². The monoisotopic (exact) mass is 334 g/mol. The zero-order chi connectivity index (χ0) is 14.9. The van der Waals surface area contributed by atoms with Crippen LogP contribution in [0.25, 0.3) is 0 Å². The molecule has 0 unspecified atom stereocenters. The Balaban J connectivity index is 2.48. The van der Waals surface area contributed by atoms with Gasteiger partial charge < -0.3 is 5.32 Å². The van der Waals surface area contributed by atoms with Crippen molar-refractivity contribution in [3.63, 3.8) is 0 Å². The van der Waals surface area contributed by atoms with E-state index in [0.717, 1.165) is 0 Å². The van der Waals surface area contributed by atoms with Gasteiger partial charge in [0, 0.05) is 0 Å². The molecular weight excluding hydrogens is 327 g/mol. The van der Waals surface area contributed by atoms with Crippen molar-refractivity contribution in [2.24, 2.45) is 0 Å². The molecule has 0 amide bonds. The Morgan fingerprint density at radius 2 is 1.75 bits per heavy atom. The topological polar surface area (TPSA) is 105 Å². The number of nitrogens with zero attached hydrogens (tertiary/aromatic N) is 3. The summed E-state index contributed by atoms with van der Waals surface area (Å²) in [6.45, 7) is 1.69. The zero-order valence-corrected chi connectivity index (χ0v) is 12.3. The number of rotatable bonds is 3. The smallest absolute Gasteiger partial charge is 0.296 e. The predicted octanol–water partition coefficient (Wildman–Crippen LogP) is 2.48. The second kappa shape index (κ2) is 5.49. The molecule has 0 aliphatic carbocycles. The van der Waals surface area contributed by atoms with Crippen LogP contribution in [0.2, 0.25) is 10.6 Å². The average Bonchev–Trinajstić information content (AvgIpc) is 2.28. The molecule has 2 rings (SSSR count). The van der Waals surface area contributed by atoms with Gasteiger partial charge >= 0.3 is 0 Å². The molecule has 0 atom stereocenters. The number of halogens is 2. The Hall–Kier alpha value is -1.48. The van der Waals surface area contributed by atoms with Crippen molar-refractivity contribution >= 4 is 45.0 Å². The molecule has 0 fully saturated rings. The van der Waals surface area contributed by atoms with Crippen molar-refractivity contribution in [1.82, 2.24) is 15.0 Å². The fourth-order valence-electron chi connectivity index (χ4n) is 1.45. The molecule has 2 N–H and O–H groups in total. The van der Waals surface area contributed by atoms with Crippen LogP contribution in [-0.4, -0.2) is 27.9 Å². The SMILES string of the molecule is Cc1ccc(Nc2nc(Cl)nc(Cl)n2)c(S(=O)(=O)O)c1. The largest absolute Gasteiger partial charge is 0.323 e. The van der Waals surface area contributed by atoms with Gasteiger partial charge in [0.25, 0.3) is 10.1 Å². The summed E-state index contributed by atoms with van der Waals surface area (Å²) in [4.78, 5) is 10.8. The lowest BCUT2D eigenvalue weighted by Crippen LogP contribution is -2.06. The quantitative estimate of drug-likeness (QED) is 0.830. The van der Waals surface area contributed by atoms with Crippen molar-refractivity contribution < 1.29 is 13.0 Å². The summed E-state index contributed by atoms with van der Waals surface area (Å²) in [5.74, 6) is -0.0382. The van der Waals surface area contributed by atoms with Crippen molar-refractivity contribution in [3.8, 4) is 0 Å². The van der Waals surface area contributed by atoms with E-state index in [1.54, 1.807) is 13.0 Å². The van der Waals surface area contributed by atoms with E-state index in [1.165, 1.54) is 12.1 Å². The number of aryl methyl sites for hydroxylation is 1. The van der Waals surface area contributed by atoms with E-state index < -0.39 is 10.1 Å². The van der Waals surface area contributed by atoms with Crippen LogP contribution in [0.1, 0.15) is 5.56 Å². The van der Waals surface area contributed by atoms with Crippen LogP contribution >= 0.6 is 23.2 Å². The van der Waals surface area contributed by atoms with Crippen LogP contribution in [0.3, 0.4) is 0 Å². The average molecular weight is 335 g/mol. The summed E-state index contributed by atoms with van der Waals surface area (Å²) in [5, 5.41) is 2.33. The lowest BCUT2D eigenvalue weighted by atomic mass is 10.2. The molecule has 1 aromatic carbocycles. The van der Waals surface area contributed by atoms with E-state index in [9.17, 15) is 13.0 Å². The minimum atomic E-state index is -4.40. The number of anilines is 2. The molecule has 0 aliphatic heterocycles. The van der Waals surface area contributed by atoms with Gasteiger partial charge in [-0.25, -0.2) is 0 Å². The van der Waals surface area contributed by atoms with Crippen molar-refractivity contribution in [3.05, 3.63) is 34.3 Å². The molecule has 1 aromatic heterocycles. The summed E-state index contributed by atoms with van der Waals surface area (Å²) in [6, 6.07) is 4.42. The first-order chi connectivity index (χ1) is 9.25. The Morgan fingerprint density at radius 3 is 2.30 bits per heavy atom. The van der Waals surface area contributed by atoms with Gasteiger partial charge in [0.15, 0.2) is 0 Å². The van der Waals surface area contributed by atoms with Gasteiger partial charge in [0.05, 0.1) is 5.69 Å². The lowest BCUT2D eigenvalue weighted by molar-refractivity contribution is 0.483. The van der Waals surface area contributed by atoms with Gasteiger partial charge in [0.1, 0.15) is 4.90 Å². The molecule has 0 aliphatic rings. The number of benzene rings is 1. The van der Waals surface area contributed by atoms with Crippen LogP contribution < -0.4 is 5.32 Å². The van der Waals surface area contributed by atoms with Crippen molar-refractivity contribution in [2.45, 2.75) is 11.8 Å².